The summed E-state index contributed by atoms with van der Waals surface area (Å²) in [5.74, 6) is 0. The second-order valence-corrected chi connectivity index (χ2v) is 4.72. The molecular weight excluding hydrogens is 164 g/mol. The summed E-state index contributed by atoms with van der Waals surface area (Å²) in [4.78, 5) is 2.25. The van der Waals surface area contributed by atoms with Gasteiger partial charge in [0.1, 0.15) is 0 Å². The molecule has 0 saturated carbocycles. The lowest BCUT2D eigenvalue weighted by molar-refractivity contribution is 0.0186. The van der Waals surface area contributed by atoms with Gasteiger partial charge in [-0.2, -0.15) is 0 Å². The second-order valence-electron chi connectivity index (χ2n) is 4.72. The summed E-state index contributed by atoms with van der Waals surface area (Å²) in [7, 11) is 2.09. The molecule has 0 aromatic rings. The molecule has 2 aliphatic rings. The molecule has 0 amide bonds. The van der Waals surface area contributed by atoms with Crippen LogP contribution in [0, 0.1) is 0 Å². The predicted molar refractivity (Wildman–Crippen MR) is 52.7 cm³/mol. The largest absolute Gasteiger partial charge is 0.387 e. The number of aliphatic hydroxyl groups is 1. The zero-order valence-electron chi connectivity index (χ0n) is 8.58. The average molecular weight is 184 g/mol. The molecule has 2 fully saturated rings. The van der Waals surface area contributed by atoms with Crippen LogP contribution in [0.5, 0.6) is 0 Å². The van der Waals surface area contributed by atoms with Crippen LogP contribution in [0.1, 0.15) is 26.2 Å². The first-order valence-electron chi connectivity index (χ1n) is 5.28. The standard InChI is InChI=1S/C10H20N2O/c1-8-6-10(13,7-12(8)2)9-4-3-5-11-9/h8-9,11,13H,3-7H2,1-2H3. The van der Waals surface area contributed by atoms with E-state index < -0.39 is 5.60 Å². The van der Waals surface area contributed by atoms with Crippen molar-refractivity contribution in [3.8, 4) is 0 Å². The predicted octanol–water partition coefficient (Wildman–Crippen LogP) is 0.193. The van der Waals surface area contributed by atoms with Gasteiger partial charge in [0.25, 0.3) is 0 Å². The summed E-state index contributed by atoms with van der Waals surface area (Å²) >= 11 is 0. The van der Waals surface area contributed by atoms with Crippen molar-refractivity contribution in [2.24, 2.45) is 0 Å². The van der Waals surface area contributed by atoms with E-state index in [1.54, 1.807) is 0 Å². The number of rotatable bonds is 1. The number of nitrogens with one attached hydrogen (secondary N) is 1. The Morgan fingerprint density at radius 3 is 2.77 bits per heavy atom. The molecule has 2 N–H and O–H groups in total. The van der Waals surface area contributed by atoms with Gasteiger partial charge in [0.05, 0.1) is 5.60 Å². The zero-order chi connectivity index (χ0) is 9.47. The number of nitrogens with zero attached hydrogens (tertiary/aromatic N) is 1. The molecule has 3 unspecified atom stereocenters. The fourth-order valence-corrected chi connectivity index (χ4v) is 2.72. The topological polar surface area (TPSA) is 35.5 Å². The number of hydrogen-bond donors (Lipinski definition) is 2. The smallest absolute Gasteiger partial charge is 0.0940 e. The third-order valence-corrected chi connectivity index (χ3v) is 3.63. The Morgan fingerprint density at radius 2 is 2.31 bits per heavy atom. The molecule has 3 atom stereocenters. The van der Waals surface area contributed by atoms with E-state index in [1.165, 1.54) is 6.42 Å². The third-order valence-electron chi connectivity index (χ3n) is 3.63. The highest BCUT2D eigenvalue weighted by atomic mass is 16.3. The van der Waals surface area contributed by atoms with E-state index in [-0.39, 0.29) is 0 Å². The molecular formula is C10H20N2O. The second kappa shape index (κ2) is 3.23. The monoisotopic (exact) mass is 184 g/mol. The molecule has 2 rings (SSSR count). The maximum atomic E-state index is 10.4. The van der Waals surface area contributed by atoms with Crippen molar-refractivity contribution < 1.29 is 5.11 Å². The highest BCUT2D eigenvalue weighted by Crippen LogP contribution is 2.31. The molecule has 0 aromatic heterocycles. The first-order chi connectivity index (χ1) is 6.12. The first-order valence-corrected chi connectivity index (χ1v) is 5.28. The Hall–Kier alpha value is -0.120. The number of hydrogen-bond acceptors (Lipinski definition) is 3. The molecule has 13 heavy (non-hydrogen) atoms. The Balaban J connectivity index is 2.04. The summed E-state index contributed by atoms with van der Waals surface area (Å²) in [5.41, 5.74) is -0.468. The van der Waals surface area contributed by atoms with Gasteiger partial charge in [-0.05, 0) is 39.8 Å². The van der Waals surface area contributed by atoms with E-state index in [0.29, 0.717) is 12.1 Å². The highest BCUT2D eigenvalue weighted by molar-refractivity contribution is 5.02. The van der Waals surface area contributed by atoms with Crippen LogP contribution in [-0.2, 0) is 0 Å². The summed E-state index contributed by atoms with van der Waals surface area (Å²) in [6.45, 7) is 4.09. The van der Waals surface area contributed by atoms with Crippen LogP contribution in [0.25, 0.3) is 0 Å². The third kappa shape index (κ3) is 1.60. The quantitative estimate of drug-likeness (QED) is 0.611. The molecule has 2 saturated heterocycles. The van der Waals surface area contributed by atoms with Crippen LogP contribution in [0.15, 0.2) is 0 Å². The average Bonchev–Trinajstić information content (AvgIpc) is 2.61. The Kier molecular flexibility index (Phi) is 2.34. The lowest BCUT2D eigenvalue weighted by Gasteiger charge is -2.29. The molecule has 76 valence electrons. The summed E-state index contributed by atoms with van der Waals surface area (Å²) in [5, 5.41) is 13.8. The molecule has 2 aliphatic heterocycles. The fourth-order valence-electron chi connectivity index (χ4n) is 2.72. The van der Waals surface area contributed by atoms with E-state index in [0.717, 1.165) is 25.9 Å². The first kappa shape index (κ1) is 9.44. The summed E-state index contributed by atoms with van der Waals surface area (Å²) in [6, 6.07) is 0.854. The van der Waals surface area contributed by atoms with Crippen LogP contribution in [0.2, 0.25) is 0 Å². The van der Waals surface area contributed by atoms with Gasteiger partial charge in [0.2, 0.25) is 0 Å². The van der Waals surface area contributed by atoms with E-state index >= 15 is 0 Å². The van der Waals surface area contributed by atoms with Gasteiger partial charge in [-0.1, -0.05) is 0 Å². The van der Waals surface area contributed by atoms with Crippen molar-refractivity contribution in [2.75, 3.05) is 20.1 Å². The van der Waals surface area contributed by atoms with Crippen molar-refractivity contribution in [3.05, 3.63) is 0 Å². The van der Waals surface area contributed by atoms with Crippen molar-refractivity contribution >= 4 is 0 Å². The van der Waals surface area contributed by atoms with Gasteiger partial charge in [-0.15, -0.1) is 0 Å². The molecule has 0 spiro atoms. The SMILES string of the molecule is CC1CC(O)(C2CCCN2)CN1C. The van der Waals surface area contributed by atoms with Crippen molar-refractivity contribution in [2.45, 2.75) is 43.9 Å². The Labute approximate surface area is 80.1 Å². The van der Waals surface area contributed by atoms with Crippen LogP contribution in [0.4, 0.5) is 0 Å². The molecule has 3 nitrogen and oxygen atoms in total. The summed E-state index contributed by atoms with van der Waals surface area (Å²) in [6.07, 6.45) is 3.27. The van der Waals surface area contributed by atoms with Crippen LogP contribution >= 0.6 is 0 Å². The molecule has 0 radical (unpaired) electrons. The maximum Gasteiger partial charge on any atom is 0.0940 e. The van der Waals surface area contributed by atoms with Crippen LogP contribution in [-0.4, -0.2) is 47.8 Å². The number of likely N-dealkylation sites (tertiary alicyclic amines) is 1. The van der Waals surface area contributed by atoms with Gasteiger partial charge < -0.3 is 15.3 Å². The van der Waals surface area contributed by atoms with E-state index in [4.69, 9.17) is 0 Å². The van der Waals surface area contributed by atoms with Gasteiger partial charge in [-0.3, -0.25) is 0 Å². The highest BCUT2D eigenvalue weighted by Gasteiger charge is 2.45. The minimum absolute atomic E-state index is 0.333. The zero-order valence-corrected chi connectivity index (χ0v) is 8.58. The molecule has 3 heteroatoms. The van der Waals surface area contributed by atoms with Crippen LogP contribution in [0.3, 0.4) is 0 Å². The Morgan fingerprint density at radius 1 is 1.54 bits per heavy atom. The van der Waals surface area contributed by atoms with Gasteiger partial charge in [0.15, 0.2) is 0 Å². The lowest BCUT2D eigenvalue weighted by atomic mass is 9.90. The van der Waals surface area contributed by atoms with Crippen LogP contribution < -0.4 is 5.32 Å². The van der Waals surface area contributed by atoms with E-state index in [9.17, 15) is 5.11 Å². The van der Waals surface area contributed by atoms with Gasteiger partial charge >= 0.3 is 0 Å². The summed E-state index contributed by atoms with van der Waals surface area (Å²) < 4.78 is 0. The lowest BCUT2D eigenvalue weighted by Crippen LogP contribution is -2.49. The van der Waals surface area contributed by atoms with Crippen molar-refractivity contribution in [1.82, 2.24) is 10.2 Å². The van der Waals surface area contributed by atoms with Gasteiger partial charge in [-0.25, -0.2) is 0 Å². The number of likely N-dealkylation sites (N-methyl/N-ethyl adjacent to an activating group) is 1. The minimum Gasteiger partial charge on any atom is -0.387 e. The maximum absolute atomic E-state index is 10.4. The van der Waals surface area contributed by atoms with Crippen molar-refractivity contribution in [1.29, 1.82) is 0 Å². The molecule has 0 aliphatic carbocycles. The van der Waals surface area contributed by atoms with E-state index in [1.807, 2.05) is 0 Å². The van der Waals surface area contributed by atoms with Crippen molar-refractivity contribution in [3.63, 3.8) is 0 Å². The molecule has 0 aromatic carbocycles. The minimum atomic E-state index is -0.468. The molecule has 0 bridgehead atoms. The van der Waals surface area contributed by atoms with E-state index in [2.05, 4.69) is 24.2 Å². The molecule has 2 heterocycles. The van der Waals surface area contributed by atoms with Gasteiger partial charge in [0, 0.05) is 18.6 Å². The number of β-amino-alcohol motifs (C(OH)–C–C–N with tert-alkyl or cyclic N) is 1. The fraction of sp³-hybridized carbons (Fsp3) is 1.00. The Bertz CT molecular complexity index is 179. The normalized spacial score (nSPS) is 47.3.